The van der Waals surface area contributed by atoms with E-state index in [1.165, 1.54) is 16.5 Å². The van der Waals surface area contributed by atoms with Crippen LogP contribution in [0.3, 0.4) is 0 Å². The lowest BCUT2D eigenvalue weighted by Crippen LogP contribution is -2.35. The Hall–Kier alpha value is -2.70. The molecule has 4 rings (SSSR count). The van der Waals surface area contributed by atoms with E-state index in [9.17, 15) is 4.79 Å². The maximum absolute atomic E-state index is 12.2. The topological polar surface area (TPSA) is 46.8 Å². The van der Waals surface area contributed by atoms with E-state index in [0.29, 0.717) is 26.1 Å². The molecule has 0 aliphatic carbocycles. The molecule has 5 nitrogen and oxygen atoms in total. The summed E-state index contributed by atoms with van der Waals surface area (Å²) in [5.74, 6) is 0.163. The number of fused-ring (bicyclic) bond motifs is 2. The number of carbonyl (C=O) groups excluding carboxylic acids is 1. The summed E-state index contributed by atoms with van der Waals surface area (Å²) in [6.45, 7) is 3.77. The Balaban J connectivity index is 1.55. The fourth-order valence-corrected chi connectivity index (χ4v) is 4.44. The van der Waals surface area contributed by atoms with Crippen LogP contribution in [0.4, 0.5) is 0 Å². The van der Waals surface area contributed by atoms with Crippen LogP contribution in [0.2, 0.25) is 0 Å². The summed E-state index contributed by atoms with van der Waals surface area (Å²) in [7, 11) is 1.66. The molecule has 6 heteroatoms. The maximum Gasteiger partial charge on any atom is 0.222 e. The Morgan fingerprint density at radius 3 is 2.79 bits per heavy atom. The molecule has 29 heavy (non-hydrogen) atoms. The minimum absolute atomic E-state index is 0.163. The first-order valence-corrected chi connectivity index (χ1v) is 10.8. The second-order valence-corrected chi connectivity index (χ2v) is 7.88. The minimum atomic E-state index is 0.163. The lowest BCUT2D eigenvalue weighted by atomic mass is 10.1. The number of rotatable bonds is 8. The molecule has 4 aromatic rings. The van der Waals surface area contributed by atoms with E-state index in [2.05, 4.69) is 58.4 Å². The number of thiazole rings is 1. The van der Waals surface area contributed by atoms with Gasteiger partial charge >= 0.3 is 0 Å². The number of methoxy groups -OCH3 is 1. The molecule has 0 bridgehead atoms. The van der Waals surface area contributed by atoms with E-state index in [4.69, 9.17) is 9.72 Å². The summed E-state index contributed by atoms with van der Waals surface area (Å²) < 4.78 is 7.30. The van der Waals surface area contributed by atoms with Gasteiger partial charge < -0.3 is 9.64 Å². The van der Waals surface area contributed by atoms with Crippen molar-refractivity contribution in [2.24, 2.45) is 0 Å². The zero-order valence-corrected chi connectivity index (χ0v) is 17.6. The number of benzene rings is 2. The highest BCUT2D eigenvalue weighted by molar-refractivity contribution is 7.15. The highest BCUT2D eigenvalue weighted by Crippen LogP contribution is 2.27. The molecule has 0 atom stereocenters. The van der Waals surface area contributed by atoms with Crippen molar-refractivity contribution in [2.45, 2.75) is 19.8 Å². The van der Waals surface area contributed by atoms with E-state index in [1.54, 1.807) is 18.4 Å². The highest BCUT2D eigenvalue weighted by atomic mass is 32.1. The highest BCUT2D eigenvalue weighted by Gasteiger charge is 2.14. The number of imidazole rings is 1. The first-order chi connectivity index (χ1) is 14.2. The largest absolute Gasteiger partial charge is 0.383 e. The maximum atomic E-state index is 12.2. The summed E-state index contributed by atoms with van der Waals surface area (Å²) in [5.41, 5.74) is 3.27. The number of amides is 1. The lowest BCUT2D eigenvalue weighted by molar-refractivity contribution is -0.131. The number of hydrogen-bond donors (Lipinski definition) is 0. The third-order valence-electron chi connectivity index (χ3n) is 5.19. The molecule has 2 heterocycles. The third kappa shape index (κ3) is 4.18. The molecular formula is C23H25N3O2S. The Kier molecular flexibility index (Phi) is 5.92. The SMILES string of the molecule is CCC(=O)N(CCOC)CCc1csc2nc(-c3ccc4ccccc4c3)cn12. The van der Waals surface area contributed by atoms with Crippen molar-refractivity contribution in [1.82, 2.24) is 14.3 Å². The fourth-order valence-electron chi connectivity index (χ4n) is 3.53. The summed E-state index contributed by atoms with van der Waals surface area (Å²) in [4.78, 5) is 19.9. The summed E-state index contributed by atoms with van der Waals surface area (Å²) >= 11 is 1.64. The van der Waals surface area contributed by atoms with Gasteiger partial charge in [0.25, 0.3) is 0 Å². The molecule has 0 unspecified atom stereocenters. The van der Waals surface area contributed by atoms with Gasteiger partial charge in [-0.2, -0.15) is 0 Å². The number of ether oxygens (including phenoxy) is 1. The average molecular weight is 408 g/mol. The van der Waals surface area contributed by atoms with Crippen molar-refractivity contribution in [2.75, 3.05) is 26.8 Å². The van der Waals surface area contributed by atoms with Crippen LogP contribution < -0.4 is 0 Å². The zero-order valence-electron chi connectivity index (χ0n) is 16.8. The van der Waals surface area contributed by atoms with Gasteiger partial charge in [0, 0.05) is 55.9 Å². The van der Waals surface area contributed by atoms with Crippen LogP contribution in [-0.4, -0.2) is 47.0 Å². The van der Waals surface area contributed by atoms with Crippen LogP contribution in [0.5, 0.6) is 0 Å². The Morgan fingerprint density at radius 2 is 2.00 bits per heavy atom. The van der Waals surface area contributed by atoms with Gasteiger partial charge in [-0.3, -0.25) is 9.20 Å². The van der Waals surface area contributed by atoms with Crippen molar-refractivity contribution in [3.05, 3.63) is 59.7 Å². The van der Waals surface area contributed by atoms with Crippen LogP contribution in [0.1, 0.15) is 19.0 Å². The van der Waals surface area contributed by atoms with E-state index in [1.807, 2.05) is 11.8 Å². The van der Waals surface area contributed by atoms with Crippen LogP contribution in [0.15, 0.2) is 54.0 Å². The van der Waals surface area contributed by atoms with E-state index in [0.717, 1.165) is 22.6 Å². The second-order valence-electron chi connectivity index (χ2n) is 7.04. The first kappa shape index (κ1) is 19.6. The summed E-state index contributed by atoms with van der Waals surface area (Å²) in [6, 6.07) is 14.8. The van der Waals surface area contributed by atoms with Gasteiger partial charge in [-0.1, -0.05) is 43.3 Å². The molecule has 0 fully saturated rings. The van der Waals surface area contributed by atoms with Gasteiger partial charge in [0.05, 0.1) is 12.3 Å². The van der Waals surface area contributed by atoms with Crippen molar-refractivity contribution < 1.29 is 9.53 Å². The smallest absolute Gasteiger partial charge is 0.222 e. The number of aromatic nitrogens is 2. The first-order valence-electron chi connectivity index (χ1n) is 9.91. The second kappa shape index (κ2) is 8.76. The number of nitrogens with zero attached hydrogens (tertiary/aromatic N) is 3. The Morgan fingerprint density at radius 1 is 1.17 bits per heavy atom. The van der Waals surface area contributed by atoms with Crippen molar-refractivity contribution >= 4 is 33.0 Å². The summed E-state index contributed by atoms with van der Waals surface area (Å²) in [5, 5.41) is 4.58. The standard InChI is InChI=1S/C23H25N3O2S/c1-3-22(27)25(12-13-28-2)11-10-20-16-29-23-24-21(15-26(20)23)19-9-8-17-6-4-5-7-18(17)14-19/h4-9,14-16H,3,10-13H2,1-2H3. The quantitative estimate of drug-likeness (QED) is 0.427. The molecule has 2 aromatic heterocycles. The van der Waals surface area contributed by atoms with Crippen molar-refractivity contribution in [3.8, 4) is 11.3 Å². The molecule has 0 aliphatic rings. The van der Waals surface area contributed by atoms with Gasteiger partial charge in [0.1, 0.15) is 0 Å². The normalized spacial score (nSPS) is 11.4. The van der Waals surface area contributed by atoms with Gasteiger partial charge in [-0.15, -0.1) is 11.3 Å². The Bertz CT molecular complexity index is 1130. The molecule has 1 amide bonds. The molecule has 0 radical (unpaired) electrons. The van der Waals surface area contributed by atoms with Crippen LogP contribution in [0, 0.1) is 0 Å². The number of carbonyl (C=O) groups is 1. The van der Waals surface area contributed by atoms with Gasteiger partial charge in [0.2, 0.25) is 5.91 Å². The van der Waals surface area contributed by atoms with Gasteiger partial charge in [0.15, 0.2) is 4.96 Å². The Labute approximate surface area is 174 Å². The van der Waals surface area contributed by atoms with Crippen LogP contribution >= 0.6 is 11.3 Å². The molecule has 0 saturated carbocycles. The number of hydrogen-bond acceptors (Lipinski definition) is 4. The van der Waals surface area contributed by atoms with Gasteiger partial charge in [-0.05, 0) is 16.8 Å². The van der Waals surface area contributed by atoms with E-state index >= 15 is 0 Å². The monoisotopic (exact) mass is 407 g/mol. The predicted molar refractivity (Wildman–Crippen MR) is 118 cm³/mol. The van der Waals surface area contributed by atoms with E-state index < -0.39 is 0 Å². The molecule has 0 N–H and O–H groups in total. The van der Waals surface area contributed by atoms with Crippen molar-refractivity contribution in [3.63, 3.8) is 0 Å². The van der Waals surface area contributed by atoms with Gasteiger partial charge in [-0.25, -0.2) is 4.98 Å². The van der Waals surface area contributed by atoms with Crippen molar-refractivity contribution in [1.29, 1.82) is 0 Å². The molecule has 150 valence electrons. The minimum Gasteiger partial charge on any atom is -0.383 e. The van der Waals surface area contributed by atoms with Crippen LogP contribution in [-0.2, 0) is 16.0 Å². The molecule has 0 aliphatic heterocycles. The molecule has 0 spiro atoms. The molecule has 2 aromatic carbocycles. The summed E-state index contributed by atoms with van der Waals surface area (Å²) in [6.07, 6.45) is 3.41. The van der Waals surface area contributed by atoms with E-state index in [-0.39, 0.29) is 5.91 Å². The van der Waals surface area contributed by atoms with Crippen LogP contribution in [0.25, 0.3) is 27.0 Å². The third-order valence-corrected chi connectivity index (χ3v) is 6.08. The average Bonchev–Trinajstić information content (AvgIpc) is 3.34. The lowest BCUT2D eigenvalue weighted by Gasteiger charge is -2.21. The zero-order chi connectivity index (χ0) is 20.2. The fraction of sp³-hybridized carbons (Fsp3) is 0.304. The molecule has 0 saturated heterocycles. The molecular weight excluding hydrogens is 382 g/mol. The predicted octanol–water partition coefficient (Wildman–Crippen LogP) is 4.64.